The number of nitrogens with one attached hydrogen (secondary N) is 1. The van der Waals surface area contributed by atoms with Crippen LogP contribution in [0.15, 0.2) is 53.6 Å². The van der Waals surface area contributed by atoms with Gasteiger partial charge >= 0.3 is 0 Å². The van der Waals surface area contributed by atoms with Crippen molar-refractivity contribution in [3.8, 4) is 5.75 Å². The molecule has 0 fully saturated rings. The van der Waals surface area contributed by atoms with E-state index in [4.69, 9.17) is 0 Å². The van der Waals surface area contributed by atoms with E-state index >= 15 is 0 Å². The second-order valence-corrected chi connectivity index (χ2v) is 4.98. The quantitative estimate of drug-likeness (QED) is 0.565. The van der Waals surface area contributed by atoms with E-state index in [0.717, 1.165) is 20.9 Å². The summed E-state index contributed by atoms with van der Waals surface area (Å²) in [6.07, 6.45) is 1.69. The fraction of sp³-hybridized carbons (Fsp3) is 0. The highest BCUT2D eigenvalue weighted by Gasteiger charge is 2.00. The zero-order chi connectivity index (χ0) is 13.1. The number of fused-ring (bicyclic) bond motifs is 1. The predicted octanol–water partition coefficient (Wildman–Crippen LogP) is 3.45. The Morgan fingerprint density at radius 1 is 1.11 bits per heavy atom. The lowest BCUT2D eigenvalue weighted by Gasteiger charge is -1.94. The second-order valence-electron chi connectivity index (χ2n) is 3.95. The Morgan fingerprint density at radius 3 is 2.68 bits per heavy atom. The van der Waals surface area contributed by atoms with Gasteiger partial charge in [-0.3, -0.25) is 5.43 Å². The Hall–Kier alpha value is -2.40. The van der Waals surface area contributed by atoms with E-state index in [1.54, 1.807) is 41.8 Å². The number of phenols is 1. The molecule has 5 heteroatoms. The van der Waals surface area contributed by atoms with Gasteiger partial charge in [0, 0.05) is 0 Å². The van der Waals surface area contributed by atoms with Gasteiger partial charge in [-0.2, -0.15) is 5.10 Å². The Balaban J connectivity index is 1.73. The first-order valence-electron chi connectivity index (χ1n) is 5.75. The van der Waals surface area contributed by atoms with Crippen LogP contribution in [-0.4, -0.2) is 16.3 Å². The predicted molar refractivity (Wildman–Crippen MR) is 78.9 cm³/mol. The number of phenolic OH excluding ortho intramolecular Hbond substituents is 1. The fourth-order valence-corrected chi connectivity index (χ4v) is 2.46. The van der Waals surface area contributed by atoms with Crippen molar-refractivity contribution in [3.63, 3.8) is 0 Å². The van der Waals surface area contributed by atoms with Crippen molar-refractivity contribution >= 4 is 32.9 Å². The summed E-state index contributed by atoms with van der Waals surface area (Å²) >= 11 is 1.56. The van der Waals surface area contributed by atoms with Crippen LogP contribution < -0.4 is 5.43 Å². The Bertz CT molecular complexity index is 686. The van der Waals surface area contributed by atoms with Crippen LogP contribution in [0, 0.1) is 0 Å². The van der Waals surface area contributed by atoms with Gasteiger partial charge in [-0.05, 0) is 42.0 Å². The van der Waals surface area contributed by atoms with Crippen molar-refractivity contribution in [2.75, 3.05) is 5.43 Å². The van der Waals surface area contributed by atoms with Crippen molar-refractivity contribution in [1.29, 1.82) is 0 Å². The van der Waals surface area contributed by atoms with E-state index in [1.807, 2.05) is 24.3 Å². The highest BCUT2D eigenvalue weighted by Crippen LogP contribution is 2.25. The highest BCUT2D eigenvalue weighted by atomic mass is 32.1. The Morgan fingerprint density at radius 2 is 1.89 bits per heavy atom. The van der Waals surface area contributed by atoms with Crippen molar-refractivity contribution in [2.45, 2.75) is 0 Å². The van der Waals surface area contributed by atoms with Gasteiger partial charge in [0.15, 0.2) is 0 Å². The van der Waals surface area contributed by atoms with Crippen LogP contribution in [0.5, 0.6) is 5.75 Å². The van der Waals surface area contributed by atoms with Crippen LogP contribution in [0.3, 0.4) is 0 Å². The maximum Gasteiger partial charge on any atom is 0.204 e. The van der Waals surface area contributed by atoms with Gasteiger partial charge < -0.3 is 5.11 Å². The Kier molecular flexibility index (Phi) is 3.12. The molecule has 3 aromatic rings. The molecular weight excluding hydrogens is 258 g/mol. The molecular formula is C14H11N3OS. The van der Waals surface area contributed by atoms with Crippen LogP contribution in [0.25, 0.3) is 10.2 Å². The van der Waals surface area contributed by atoms with Gasteiger partial charge in [0.25, 0.3) is 0 Å². The maximum absolute atomic E-state index is 9.17. The molecule has 0 atom stereocenters. The average molecular weight is 269 g/mol. The van der Waals surface area contributed by atoms with Gasteiger partial charge in [-0.15, -0.1) is 0 Å². The first-order valence-corrected chi connectivity index (χ1v) is 6.56. The molecule has 0 saturated carbocycles. The van der Waals surface area contributed by atoms with Crippen molar-refractivity contribution in [3.05, 3.63) is 54.1 Å². The molecule has 2 aromatic carbocycles. The third-order valence-electron chi connectivity index (χ3n) is 2.56. The van der Waals surface area contributed by atoms with Gasteiger partial charge in [-0.25, -0.2) is 4.98 Å². The lowest BCUT2D eigenvalue weighted by atomic mass is 10.2. The molecule has 2 N–H and O–H groups in total. The summed E-state index contributed by atoms with van der Waals surface area (Å²) in [5.41, 5.74) is 4.79. The summed E-state index contributed by atoms with van der Waals surface area (Å²) in [4.78, 5) is 4.41. The Labute approximate surface area is 114 Å². The molecule has 0 saturated heterocycles. The molecule has 19 heavy (non-hydrogen) atoms. The van der Waals surface area contributed by atoms with Gasteiger partial charge in [0.1, 0.15) is 5.75 Å². The summed E-state index contributed by atoms with van der Waals surface area (Å²) in [7, 11) is 0. The molecule has 0 aliphatic rings. The summed E-state index contributed by atoms with van der Waals surface area (Å²) in [5.74, 6) is 0.247. The monoisotopic (exact) mass is 269 g/mol. The summed E-state index contributed by atoms with van der Waals surface area (Å²) in [6.45, 7) is 0. The highest BCUT2D eigenvalue weighted by molar-refractivity contribution is 7.22. The van der Waals surface area contributed by atoms with E-state index in [-0.39, 0.29) is 5.75 Å². The first-order chi connectivity index (χ1) is 9.31. The third kappa shape index (κ3) is 2.71. The van der Waals surface area contributed by atoms with Crippen molar-refractivity contribution in [1.82, 2.24) is 4.98 Å². The summed E-state index contributed by atoms with van der Waals surface area (Å²) in [5, 5.41) is 14.1. The van der Waals surface area contributed by atoms with Gasteiger partial charge in [0.05, 0.1) is 16.4 Å². The van der Waals surface area contributed by atoms with Crippen LogP contribution in [-0.2, 0) is 0 Å². The fourth-order valence-electron chi connectivity index (χ4n) is 1.64. The van der Waals surface area contributed by atoms with Gasteiger partial charge in [0.2, 0.25) is 5.13 Å². The van der Waals surface area contributed by atoms with E-state index in [2.05, 4.69) is 15.5 Å². The molecule has 0 aliphatic heterocycles. The zero-order valence-corrected chi connectivity index (χ0v) is 10.8. The number of aromatic nitrogens is 1. The number of nitrogens with zero attached hydrogens (tertiary/aromatic N) is 2. The van der Waals surface area contributed by atoms with Crippen LogP contribution in [0.4, 0.5) is 5.13 Å². The molecule has 1 aromatic heterocycles. The number of hydrazone groups is 1. The van der Waals surface area contributed by atoms with Crippen LogP contribution in [0.1, 0.15) is 5.56 Å². The third-order valence-corrected chi connectivity index (χ3v) is 3.50. The summed E-state index contributed by atoms with van der Waals surface area (Å²) in [6, 6.07) is 14.8. The van der Waals surface area contributed by atoms with Crippen molar-refractivity contribution in [2.24, 2.45) is 5.10 Å². The lowest BCUT2D eigenvalue weighted by Crippen LogP contribution is -1.89. The summed E-state index contributed by atoms with van der Waals surface area (Å²) < 4.78 is 1.13. The number of hydrogen-bond donors (Lipinski definition) is 2. The first kappa shape index (κ1) is 11.7. The molecule has 0 bridgehead atoms. The molecule has 94 valence electrons. The smallest absolute Gasteiger partial charge is 0.204 e. The normalized spacial score (nSPS) is 11.2. The van der Waals surface area contributed by atoms with Gasteiger partial charge in [-0.1, -0.05) is 23.5 Å². The second kappa shape index (κ2) is 5.07. The van der Waals surface area contributed by atoms with Crippen LogP contribution >= 0.6 is 11.3 Å². The number of anilines is 1. The molecule has 3 rings (SSSR count). The molecule has 4 nitrogen and oxygen atoms in total. The minimum atomic E-state index is 0.247. The average Bonchev–Trinajstić information content (AvgIpc) is 2.83. The zero-order valence-electron chi connectivity index (χ0n) is 9.95. The molecule has 0 spiro atoms. The van der Waals surface area contributed by atoms with Crippen molar-refractivity contribution < 1.29 is 5.11 Å². The minimum absolute atomic E-state index is 0.247. The standard InChI is InChI=1S/C14H11N3OS/c18-11-7-5-10(6-8-11)9-15-17-14-16-12-3-1-2-4-13(12)19-14/h1-9,18H,(H,16,17). The lowest BCUT2D eigenvalue weighted by molar-refractivity contribution is 0.475. The van der Waals surface area contributed by atoms with E-state index < -0.39 is 0 Å². The largest absolute Gasteiger partial charge is 0.508 e. The van der Waals surface area contributed by atoms with E-state index in [1.165, 1.54) is 0 Å². The SMILES string of the molecule is Oc1ccc(C=NNc2nc3ccccc3s2)cc1. The van der Waals surface area contributed by atoms with Crippen LogP contribution in [0.2, 0.25) is 0 Å². The number of benzene rings is 2. The maximum atomic E-state index is 9.17. The molecule has 0 unspecified atom stereocenters. The molecule has 1 heterocycles. The topological polar surface area (TPSA) is 57.5 Å². The number of rotatable bonds is 3. The van der Waals surface area contributed by atoms with E-state index in [9.17, 15) is 5.11 Å². The number of aromatic hydroxyl groups is 1. The molecule has 0 amide bonds. The number of thiazole rings is 1. The molecule has 0 aliphatic carbocycles. The minimum Gasteiger partial charge on any atom is -0.508 e. The van der Waals surface area contributed by atoms with E-state index in [0.29, 0.717) is 0 Å². The number of hydrogen-bond acceptors (Lipinski definition) is 5. The number of para-hydroxylation sites is 1. The molecule has 0 radical (unpaired) electrons.